The number of carbonyl (C=O) groups is 1. The lowest BCUT2D eigenvalue weighted by molar-refractivity contribution is -0.119. The van der Waals surface area contributed by atoms with Crippen LogP contribution in [0.3, 0.4) is 0 Å². The van der Waals surface area contributed by atoms with Crippen LogP contribution in [-0.4, -0.2) is 59.8 Å². The van der Waals surface area contributed by atoms with Crippen molar-refractivity contribution in [2.45, 2.75) is 36.0 Å². The first kappa shape index (κ1) is 28.6. The molecule has 1 fully saturated rings. The van der Waals surface area contributed by atoms with E-state index in [1.54, 1.807) is 42.5 Å². The van der Waals surface area contributed by atoms with Crippen LogP contribution in [0.2, 0.25) is 0 Å². The quantitative estimate of drug-likeness (QED) is 0.334. The van der Waals surface area contributed by atoms with Crippen LogP contribution in [-0.2, 0) is 31.3 Å². The van der Waals surface area contributed by atoms with E-state index in [1.165, 1.54) is 28.6 Å². The second-order valence-corrected chi connectivity index (χ2v) is 12.9. The van der Waals surface area contributed by atoms with Crippen molar-refractivity contribution in [2.75, 3.05) is 37.1 Å². The standard InChI is InChI=1S/C28H33N3O6S2/c1-2-23-10-6-7-13-27(23)31(39(35,36)25-11-4-3-5-12-25)22-28(32)29-18-21-37-24-14-16-26(17-15-24)38(33,34)30-19-8-9-20-30/h3-7,10-17H,2,8-9,18-22H2,1H3,(H,29,32). The van der Waals surface area contributed by atoms with Gasteiger partial charge >= 0.3 is 0 Å². The second kappa shape index (κ2) is 12.6. The molecule has 0 atom stereocenters. The summed E-state index contributed by atoms with van der Waals surface area (Å²) >= 11 is 0. The summed E-state index contributed by atoms with van der Waals surface area (Å²) in [6.07, 6.45) is 2.34. The average molecular weight is 572 g/mol. The van der Waals surface area contributed by atoms with Crippen LogP contribution in [0.4, 0.5) is 5.69 Å². The summed E-state index contributed by atoms with van der Waals surface area (Å²) in [6, 6.07) is 21.3. The lowest BCUT2D eigenvalue weighted by Crippen LogP contribution is -2.42. The third-order valence-corrected chi connectivity index (χ3v) is 10.2. The fourth-order valence-corrected chi connectivity index (χ4v) is 7.40. The van der Waals surface area contributed by atoms with Crippen LogP contribution in [0.5, 0.6) is 5.75 Å². The van der Waals surface area contributed by atoms with Crippen LogP contribution in [0, 0.1) is 0 Å². The number of rotatable bonds is 12. The number of ether oxygens (including phenoxy) is 1. The Labute approximate surface area is 230 Å². The minimum atomic E-state index is -3.99. The van der Waals surface area contributed by atoms with E-state index in [0.29, 0.717) is 30.9 Å². The highest BCUT2D eigenvalue weighted by atomic mass is 32.2. The molecule has 0 aliphatic carbocycles. The van der Waals surface area contributed by atoms with Crippen LogP contribution >= 0.6 is 0 Å². The van der Waals surface area contributed by atoms with Gasteiger partial charge in [0, 0.05) is 13.1 Å². The van der Waals surface area contributed by atoms with Gasteiger partial charge in [0.2, 0.25) is 15.9 Å². The van der Waals surface area contributed by atoms with Crippen molar-refractivity contribution in [3.63, 3.8) is 0 Å². The summed E-state index contributed by atoms with van der Waals surface area (Å²) < 4.78 is 60.6. The molecule has 3 aromatic rings. The molecule has 208 valence electrons. The molecule has 1 saturated heterocycles. The first-order chi connectivity index (χ1) is 18.7. The van der Waals surface area contributed by atoms with Gasteiger partial charge in [-0.1, -0.05) is 43.3 Å². The number of hydrogen-bond acceptors (Lipinski definition) is 6. The number of nitrogens with one attached hydrogen (secondary N) is 1. The van der Waals surface area contributed by atoms with Crippen molar-refractivity contribution in [1.29, 1.82) is 0 Å². The molecular formula is C28H33N3O6S2. The maximum absolute atomic E-state index is 13.5. The van der Waals surface area contributed by atoms with E-state index in [0.717, 1.165) is 22.7 Å². The molecule has 0 radical (unpaired) electrons. The predicted octanol–water partition coefficient (Wildman–Crippen LogP) is 3.42. The van der Waals surface area contributed by atoms with Gasteiger partial charge in [-0.05, 0) is 67.3 Å². The fourth-order valence-electron chi connectivity index (χ4n) is 4.40. The molecule has 1 heterocycles. The molecular weight excluding hydrogens is 538 g/mol. The zero-order valence-corrected chi connectivity index (χ0v) is 23.5. The predicted molar refractivity (Wildman–Crippen MR) is 150 cm³/mol. The molecule has 0 saturated carbocycles. The molecule has 1 N–H and O–H groups in total. The number of para-hydroxylation sites is 1. The van der Waals surface area contributed by atoms with Gasteiger partial charge in [0.15, 0.2) is 0 Å². The summed E-state index contributed by atoms with van der Waals surface area (Å²) in [5, 5.41) is 2.71. The number of hydrogen-bond donors (Lipinski definition) is 1. The van der Waals surface area contributed by atoms with Gasteiger partial charge in [0.25, 0.3) is 10.0 Å². The summed E-state index contributed by atoms with van der Waals surface area (Å²) in [7, 11) is -7.49. The molecule has 1 aliphatic heterocycles. The smallest absolute Gasteiger partial charge is 0.264 e. The molecule has 39 heavy (non-hydrogen) atoms. The number of benzene rings is 3. The third kappa shape index (κ3) is 6.78. The van der Waals surface area contributed by atoms with Crippen molar-refractivity contribution in [3.05, 3.63) is 84.4 Å². The highest BCUT2D eigenvalue weighted by molar-refractivity contribution is 7.92. The highest BCUT2D eigenvalue weighted by Crippen LogP contribution is 2.27. The lowest BCUT2D eigenvalue weighted by Gasteiger charge is -2.26. The van der Waals surface area contributed by atoms with Crippen molar-refractivity contribution < 1.29 is 26.4 Å². The van der Waals surface area contributed by atoms with E-state index < -0.39 is 32.5 Å². The minimum Gasteiger partial charge on any atom is -0.492 e. The molecule has 0 unspecified atom stereocenters. The van der Waals surface area contributed by atoms with E-state index in [4.69, 9.17) is 4.74 Å². The van der Waals surface area contributed by atoms with Crippen LogP contribution < -0.4 is 14.4 Å². The monoisotopic (exact) mass is 571 g/mol. The second-order valence-electron chi connectivity index (χ2n) is 9.09. The Morgan fingerprint density at radius 3 is 2.18 bits per heavy atom. The van der Waals surface area contributed by atoms with Crippen molar-refractivity contribution in [1.82, 2.24) is 9.62 Å². The zero-order chi connectivity index (χ0) is 27.9. The molecule has 1 aliphatic rings. The van der Waals surface area contributed by atoms with Gasteiger partial charge in [-0.2, -0.15) is 4.31 Å². The van der Waals surface area contributed by atoms with E-state index >= 15 is 0 Å². The van der Waals surface area contributed by atoms with E-state index in [2.05, 4.69) is 5.32 Å². The normalized spacial score (nSPS) is 14.2. The number of carbonyl (C=O) groups excluding carboxylic acids is 1. The average Bonchev–Trinajstić information content (AvgIpc) is 3.51. The van der Waals surface area contributed by atoms with E-state index in [1.807, 2.05) is 19.1 Å². The minimum absolute atomic E-state index is 0.0993. The fraction of sp³-hybridized carbons (Fsp3) is 0.321. The Morgan fingerprint density at radius 1 is 0.872 bits per heavy atom. The van der Waals surface area contributed by atoms with E-state index in [-0.39, 0.29) is 22.9 Å². The van der Waals surface area contributed by atoms with Crippen molar-refractivity contribution in [3.8, 4) is 5.75 Å². The SMILES string of the molecule is CCc1ccccc1N(CC(=O)NCCOc1ccc(S(=O)(=O)N2CCCC2)cc1)S(=O)(=O)c1ccccc1. The molecule has 1 amide bonds. The van der Waals surface area contributed by atoms with Gasteiger partial charge in [0.05, 0.1) is 22.0 Å². The molecule has 3 aromatic carbocycles. The Kier molecular flexibility index (Phi) is 9.26. The molecule has 9 nitrogen and oxygen atoms in total. The van der Waals surface area contributed by atoms with Crippen LogP contribution in [0.1, 0.15) is 25.3 Å². The van der Waals surface area contributed by atoms with Crippen molar-refractivity contribution >= 4 is 31.6 Å². The Balaban J connectivity index is 1.37. The van der Waals surface area contributed by atoms with Crippen LogP contribution in [0.15, 0.2) is 88.7 Å². The lowest BCUT2D eigenvalue weighted by atomic mass is 10.1. The summed E-state index contributed by atoms with van der Waals surface area (Å²) in [5.74, 6) is -0.00848. The Morgan fingerprint density at radius 2 is 1.51 bits per heavy atom. The maximum atomic E-state index is 13.5. The van der Waals surface area contributed by atoms with E-state index in [9.17, 15) is 21.6 Å². The summed E-state index contributed by atoms with van der Waals surface area (Å²) in [5.41, 5.74) is 1.27. The largest absolute Gasteiger partial charge is 0.492 e. The molecule has 0 spiro atoms. The summed E-state index contributed by atoms with van der Waals surface area (Å²) in [4.78, 5) is 13.2. The Hall–Kier alpha value is -3.41. The maximum Gasteiger partial charge on any atom is 0.264 e. The van der Waals surface area contributed by atoms with Crippen LogP contribution in [0.25, 0.3) is 0 Å². The number of amides is 1. The zero-order valence-electron chi connectivity index (χ0n) is 21.8. The van der Waals surface area contributed by atoms with Gasteiger partial charge < -0.3 is 10.1 Å². The molecule has 4 rings (SSSR count). The van der Waals surface area contributed by atoms with Gasteiger partial charge in [-0.3, -0.25) is 9.10 Å². The number of sulfonamides is 2. The highest BCUT2D eigenvalue weighted by Gasteiger charge is 2.29. The molecule has 0 aromatic heterocycles. The Bertz CT molecular complexity index is 1470. The molecule has 11 heteroatoms. The van der Waals surface area contributed by atoms with Gasteiger partial charge in [0.1, 0.15) is 18.9 Å². The third-order valence-electron chi connectivity index (χ3n) is 6.48. The number of nitrogens with zero attached hydrogens (tertiary/aromatic N) is 2. The van der Waals surface area contributed by atoms with Crippen molar-refractivity contribution in [2.24, 2.45) is 0 Å². The van der Waals surface area contributed by atoms with Gasteiger partial charge in [-0.25, -0.2) is 16.8 Å². The molecule has 0 bridgehead atoms. The summed E-state index contributed by atoms with van der Waals surface area (Å²) in [6.45, 7) is 2.88. The number of anilines is 1. The first-order valence-electron chi connectivity index (χ1n) is 12.9. The first-order valence-corrected chi connectivity index (χ1v) is 15.8. The van der Waals surface area contributed by atoms with Gasteiger partial charge in [-0.15, -0.1) is 0 Å². The topological polar surface area (TPSA) is 113 Å². The number of aryl methyl sites for hydroxylation is 1.